The van der Waals surface area contributed by atoms with E-state index in [1.165, 1.54) is 32.1 Å². The van der Waals surface area contributed by atoms with Crippen molar-refractivity contribution in [1.29, 1.82) is 0 Å². The van der Waals surface area contributed by atoms with E-state index in [1.54, 1.807) is 4.68 Å². The quantitative estimate of drug-likeness (QED) is 0.634. The zero-order valence-corrected chi connectivity index (χ0v) is 14.7. The molecule has 1 amide bonds. The number of aromatic nitrogens is 3. The van der Waals surface area contributed by atoms with E-state index >= 15 is 0 Å². The number of amides is 1. The SMILES string of the molecule is CCCCCCCCCC(=O)Nc1c(CC)n(CC)nnc1=O. The molecule has 1 rings (SSSR count). The predicted molar refractivity (Wildman–Crippen MR) is 92.6 cm³/mol. The third-order valence-electron chi connectivity index (χ3n) is 3.96. The number of nitrogens with one attached hydrogen (secondary N) is 1. The Morgan fingerprint density at radius 2 is 1.70 bits per heavy atom. The van der Waals surface area contributed by atoms with E-state index in [9.17, 15) is 9.59 Å². The van der Waals surface area contributed by atoms with Gasteiger partial charge in [0.05, 0.1) is 5.69 Å². The summed E-state index contributed by atoms with van der Waals surface area (Å²) in [6.45, 7) is 6.70. The molecule has 0 fully saturated rings. The van der Waals surface area contributed by atoms with Crippen molar-refractivity contribution in [3.05, 3.63) is 16.0 Å². The Kier molecular flexibility index (Phi) is 9.17. The Bertz CT molecular complexity index is 540. The number of carbonyl (C=O) groups is 1. The third-order valence-corrected chi connectivity index (χ3v) is 3.96. The molecule has 1 aromatic rings. The number of hydrogen-bond donors (Lipinski definition) is 1. The van der Waals surface area contributed by atoms with Crippen LogP contribution in [0.15, 0.2) is 4.79 Å². The van der Waals surface area contributed by atoms with Crippen molar-refractivity contribution in [1.82, 2.24) is 15.0 Å². The zero-order chi connectivity index (χ0) is 17.1. The molecule has 0 aliphatic rings. The normalized spacial score (nSPS) is 10.7. The molecule has 0 aliphatic heterocycles. The van der Waals surface area contributed by atoms with E-state index in [-0.39, 0.29) is 11.6 Å². The van der Waals surface area contributed by atoms with Crippen LogP contribution < -0.4 is 10.9 Å². The number of anilines is 1. The van der Waals surface area contributed by atoms with Crippen molar-refractivity contribution < 1.29 is 4.79 Å². The molecule has 0 radical (unpaired) electrons. The molecule has 1 heterocycles. The van der Waals surface area contributed by atoms with Gasteiger partial charge in [-0.25, -0.2) is 4.68 Å². The number of carbonyl (C=O) groups excluding carboxylic acids is 1. The zero-order valence-electron chi connectivity index (χ0n) is 14.7. The van der Waals surface area contributed by atoms with Crippen molar-refractivity contribution in [2.24, 2.45) is 0 Å². The molecule has 0 saturated heterocycles. The lowest BCUT2D eigenvalue weighted by molar-refractivity contribution is -0.116. The number of aryl methyl sites for hydroxylation is 1. The van der Waals surface area contributed by atoms with Crippen LogP contribution in [0, 0.1) is 0 Å². The molecular formula is C17H30N4O2. The van der Waals surface area contributed by atoms with E-state index in [4.69, 9.17) is 0 Å². The smallest absolute Gasteiger partial charge is 0.315 e. The maximum Gasteiger partial charge on any atom is 0.315 e. The largest absolute Gasteiger partial charge is 0.320 e. The Labute approximate surface area is 138 Å². The summed E-state index contributed by atoms with van der Waals surface area (Å²) in [5, 5.41) is 10.2. The summed E-state index contributed by atoms with van der Waals surface area (Å²) in [7, 11) is 0. The highest BCUT2D eigenvalue weighted by Gasteiger charge is 2.14. The maximum absolute atomic E-state index is 12.1. The van der Waals surface area contributed by atoms with Gasteiger partial charge in [-0.05, 0) is 19.8 Å². The molecule has 0 atom stereocenters. The number of unbranched alkanes of at least 4 members (excludes halogenated alkanes) is 6. The Morgan fingerprint density at radius 1 is 1.04 bits per heavy atom. The van der Waals surface area contributed by atoms with Crippen LogP contribution in [0.3, 0.4) is 0 Å². The first kappa shape index (κ1) is 19.3. The summed E-state index contributed by atoms with van der Waals surface area (Å²) in [5.74, 6) is -0.110. The van der Waals surface area contributed by atoms with Crippen LogP contribution in [0.5, 0.6) is 0 Å². The highest BCUT2D eigenvalue weighted by atomic mass is 16.2. The molecule has 23 heavy (non-hydrogen) atoms. The highest BCUT2D eigenvalue weighted by molar-refractivity contribution is 5.90. The van der Waals surface area contributed by atoms with E-state index in [0.29, 0.717) is 19.4 Å². The van der Waals surface area contributed by atoms with Gasteiger partial charge in [0, 0.05) is 13.0 Å². The van der Waals surface area contributed by atoms with Gasteiger partial charge in [-0.15, -0.1) is 0 Å². The molecule has 1 N–H and O–H groups in total. The molecule has 6 nitrogen and oxygen atoms in total. The molecule has 0 bridgehead atoms. The number of nitrogens with zero attached hydrogens (tertiary/aromatic N) is 3. The monoisotopic (exact) mass is 322 g/mol. The first-order valence-corrected chi connectivity index (χ1v) is 8.90. The summed E-state index contributed by atoms with van der Waals surface area (Å²) in [5.41, 5.74) is 0.567. The second-order valence-corrected chi connectivity index (χ2v) is 5.81. The van der Waals surface area contributed by atoms with Gasteiger partial charge >= 0.3 is 5.56 Å². The van der Waals surface area contributed by atoms with Crippen molar-refractivity contribution in [3.8, 4) is 0 Å². The molecule has 6 heteroatoms. The van der Waals surface area contributed by atoms with Crippen LogP contribution in [0.1, 0.15) is 77.8 Å². The second kappa shape index (κ2) is 10.9. The van der Waals surface area contributed by atoms with Gasteiger partial charge in [-0.1, -0.05) is 62.7 Å². The fraction of sp³-hybridized carbons (Fsp3) is 0.765. The summed E-state index contributed by atoms with van der Waals surface area (Å²) in [4.78, 5) is 23.9. The average Bonchev–Trinajstić information content (AvgIpc) is 2.55. The lowest BCUT2D eigenvalue weighted by Crippen LogP contribution is -2.27. The summed E-state index contributed by atoms with van der Waals surface area (Å²) >= 11 is 0. The lowest BCUT2D eigenvalue weighted by Gasteiger charge is -2.12. The molecule has 1 aromatic heterocycles. The minimum atomic E-state index is -0.459. The van der Waals surface area contributed by atoms with Gasteiger partial charge in [0.1, 0.15) is 5.69 Å². The molecular weight excluding hydrogens is 292 g/mol. The van der Waals surface area contributed by atoms with E-state index < -0.39 is 5.56 Å². The van der Waals surface area contributed by atoms with Crippen molar-refractivity contribution in [3.63, 3.8) is 0 Å². The van der Waals surface area contributed by atoms with Crippen LogP contribution in [0.4, 0.5) is 5.69 Å². The van der Waals surface area contributed by atoms with E-state index in [0.717, 1.165) is 18.5 Å². The van der Waals surface area contributed by atoms with Gasteiger partial charge in [0.15, 0.2) is 0 Å². The van der Waals surface area contributed by atoms with Crippen LogP contribution in [-0.4, -0.2) is 20.9 Å². The minimum absolute atomic E-state index is 0.110. The Hall–Kier alpha value is -1.72. The topological polar surface area (TPSA) is 76.9 Å². The van der Waals surface area contributed by atoms with E-state index in [2.05, 4.69) is 22.6 Å². The number of hydrogen-bond acceptors (Lipinski definition) is 4. The van der Waals surface area contributed by atoms with E-state index in [1.807, 2.05) is 13.8 Å². The van der Waals surface area contributed by atoms with Crippen LogP contribution >= 0.6 is 0 Å². The van der Waals surface area contributed by atoms with Crippen molar-refractivity contribution >= 4 is 11.6 Å². The van der Waals surface area contributed by atoms with Crippen LogP contribution in [0.25, 0.3) is 0 Å². The predicted octanol–water partition coefficient (Wildman–Crippen LogP) is 3.30. The first-order valence-electron chi connectivity index (χ1n) is 8.90. The molecule has 0 unspecified atom stereocenters. The lowest BCUT2D eigenvalue weighted by atomic mass is 10.1. The highest BCUT2D eigenvalue weighted by Crippen LogP contribution is 2.12. The molecule has 0 saturated carbocycles. The maximum atomic E-state index is 12.1. The summed E-state index contributed by atoms with van der Waals surface area (Å²) in [6, 6.07) is 0. The summed E-state index contributed by atoms with van der Waals surface area (Å²) in [6.07, 6.45) is 9.23. The first-order chi connectivity index (χ1) is 11.1. The summed E-state index contributed by atoms with van der Waals surface area (Å²) < 4.78 is 1.66. The van der Waals surface area contributed by atoms with Crippen LogP contribution in [0.2, 0.25) is 0 Å². The fourth-order valence-corrected chi connectivity index (χ4v) is 2.63. The Balaban J connectivity index is 2.47. The molecule has 0 aliphatic carbocycles. The van der Waals surface area contributed by atoms with Gasteiger partial charge in [0.25, 0.3) is 0 Å². The second-order valence-electron chi connectivity index (χ2n) is 5.81. The van der Waals surface area contributed by atoms with Gasteiger partial charge < -0.3 is 5.32 Å². The molecule has 0 aromatic carbocycles. The number of rotatable bonds is 11. The van der Waals surface area contributed by atoms with Gasteiger partial charge in [-0.2, -0.15) is 0 Å². The minimum Gasteiger partial charge on any atom is -0.320 e. The standard InChI is InChI=1S/C17H30N4O2/c1-4-7-8-9-10-11-12-13-15(22)18-16-14(5-2)21(6-3)20-19-17(16)23/h4-13H2,1-3H3,(H,18,22). The van der Waals surface area contributed by atoms with Crippen LogP contribution in [-0.2, 0) is 17.8 Å². The third kappa shape index (κ3) is 6.50. The Morgan fingerprint density at radius 3 is 2.30 bits per heavy atom. The molecule has 130 valence electrons. The average molecular weight is 322 g/mol. The fourth-order valence-electron chi connectivity index (χ4n) is 2.63. The van der Waals surface area contributed by atoms with Gasteiger partial charge in [-0.3, -0.25) is 9.59 Å². The van der Waals surface area contributed by atoms with Crippen molar-refractivity contribution in [2.45, 2.75) is 85.1 Å². The molecule has 0 spiro atoms. The van der Waals surface area contributed by atoms with Gasteiger partial charge in [0.2, 0.25) is 5.91 Å². The van der Waals surface area contributed by atoms with Crippen molar-refractivity contribution in [2.75, 3.05) is 5.32 Å².